The maximum Gasteiger partial charge on any atom is 0.336 e. The van der Waals surface area contributed by atoms with E-state index in [0.29, 0.717) is 35.8 Å². The minimum absolute atomic E-state index is 0.300. The van der Waals surface area contributed by atoms with Crippen molar-refractivity contribution >= 4 is 5.97 Å². The fraction of sp³-hybridized carbons (Fsp3) is 0.483. The second kappa shape index (κ2) is 11.8. The van der Waals surface area contributed by atoms with Crippen LogP contribution >= 0.6 is 0 Å². The molecule has 0 aliphatic heterocycles. The van der Waals surface area contributed by atoms with E-state index in [-0.39, 0.29) is 0 Å². The van der Waals surface area contributed by atoms with Crippen molar-refractivity contribution in [2.75, 3.05) is 14.2 Å². The summed E-state index contributed by atoms with van der Waals surface area (Å²) in [5.74, 6) is -0.376. The molecule has 1 aliphatic carbocycles. The molecule has 4 rings (SSSR count). The van der Waals surface area contributed by atoms with E-state index in [1.807, 2.05) is 36.4 Å². The first kappa shape index (κ1) is 26.0. The van der Waals surface area contributed by atoms with Crippen LogP contribution in [0.2, 0.25) is 0 Å². The number of hydrogen-bond acceptors (Lipinski definition) is 5. The lowest BCUT2D eigenvalue weighted by molar-refractivity contribution is -0.226. The van der Waals surface area contributed by atoms with Crippen molar-refractivity contribution in [2.45, 2.75) is 76.5 Å². The molecule has 0 radical (unpaired) electrons. The molecule has 192 valence electrons. The molecule has 3 aromatic rings. The van der Waals surface area contributed by atoms with Crippen LogP contribution < -0.4 is 0 Å². The van der Waals surface area contributed by atoms with Gasteiger partial charge in [0.15, 0.2) is 0 Å². The minimum atomic E-state index is -0.949. The van der Waals surface area contributed by atoms with Crippen LogP contribution in [0.5, 0.6) is 0 Å². The number of aromatic nitrogens is 3. The van der Waals surface area contributed by atoms with Crippen LogP contribution in [0.1, 0.15) is 91.9 Å². The molecule has 0 bridgehead atoms. The molecule has 1 N–H and O–H groups in total. The molecule has 0 saturated heterocycles. The van der Waals surface area contributed by atoms with Crippen LogP contribution in [0, 0.1) is 0 Å². The number of carbonyl (C=O) groups is 1. The molecule has 2 aromatic carbocycles. The number of aromatic carboxylic acids is 1. The van der Waals surface area contributed by atoms with Crippen LogP contribution in [-0.4, -0.2) is 40.1 Å². The quantitative estimate of drug-likeness (QED) is 0.313. The Labute approximate surface area is 213 Å². The van der Waals surface area contributed by atoms with Gasteiger partial charge in [-0.3, -0.25) is 0 Å². The highest BCUT2D eigenvalue weighted by atomic mass is 16.7. The maximum absolute atomic E-state index is 11.7. The summed E-state index contributed by atoms with van der Waals surface area (Å²) in [5.41, 5.74) is 2.99. The molecular weight excluding hydrogens is 454 g/mol. The van der Waals surface area contributed by atoms with Crippen molar-refractivity contribution in [1.82, 2.24) is 14.8 Å². The van der Waals surface area contributed by atoms with E-state index in [2.05, 4.69) is 11.6 Å². The standard InChI is InChI=1S/C29H37N3O4/c1-4-5-19-29(35-2,36-3)28-30-26(32(31-28)23-11-7-6-8-12-23)20-21-15-17-22(18-16-21)24-13-9-10-14-25(24)27(33)34/h9-10,13-18,23H,4-8,11-12,19-20H2,1-3H3,(H,33,34). The largest absolute Gasteiger partial charge is 0.478 e. The molecule has 0 spiro atoms. The molecule has 1 aliphatic rings. The number of rotatable bonds is 11. The lowest BCUT2D eigenvalue weighted by Gasteiger charge is -2.28. The molecule has 7 heteroatoms. The van der Waals surface area contributed by atoms with E-state index in [1.165, 1.54) is 19.3 Å². The molecule has 0 unspecified atom stereocenters. The summed E-state index contributed by atoms with van der Waals surface area (Å²) in [5, 5.41) is 14.5. The number of carboxylic acid groups (broad SMARTS) is 1. The van der Waals surface area contributed by atoms with Gasteiger partial charge in [0, 0.05) is 27.1 Å². The van der Waals surface area contributed by atoms with Crippen molar-refractivity contribution < 1.29 is 19.4 Å². The number of hydrogen-bond donors (Lipinski definition) is 1. The van der Waals surface area contributed by atoms with Crippen molar-refractivity contribution in [3.8, 4) is 11.1 Å². The van der Waals surface area contributed by atoms with Gasteiger partial charge in [-0.2, -0.15) is 0 Å². The second-order valence-corrected chi connectivity index (χ2v) is 9.58. The Balaban J connectivity index is 1.66. The Bertz CT molecular complexity index is 1150. The zero-order valence-electron chi connectivity index (χ0n) is 21.6. The van der Waals surface area contributed by atoms with Gasteiger partial charge in [0.25, 0.3) is 0 Å². The van der Waals surface area contributed by atoms with Gasteiger partial charge in [0.2, 0.25) is 11.6 Å². The average molecular weight is 492 g/mol. The van der Waals surface area contributed by atoms with Crippen molar-refractivity contribution in [1.29, 1.82) is 0 Å². The first-order chi connectivity index (χ1) is 17.5. The molecule has 1 fully saturated rings. The summed E-state index contributed by atoms with van der Waals surface area (Å²) >= 11 is 0. The van der Waals surface area contributed by atoms with Gasteiger partial charge in [-0.25, -0.2) is 14.5 Å². The molecular formula is C29H37N3O4. The highest BCUT2D eigenvalue weighted by Gasteiger charge is 2.38. The molecule has 1 heterocycles. The lowest BCUT2D eigenvalue weighted by Crippen LogP contribution is -2.32. The third kappa shape index (κ3) is 5.52. The topological polar surface area (TPSA) is 86.5 Å². The normalized spacial score (nSPS) is 14.8. The van der Waals surface area contributed by atoms with Gasteiger partial charge in [-0.05, 0) is 42.0 Å². The Morgan fingerprint density at radius 1 is 1.06 bits per heavy atom. The van der Waals surface area contributed by atoms with E-state index in [1.54, 1.807) is 26.4 Å². The van der Waals surface area contributed by atoms with E-state index in [0.717, 1.165) is 42.6 Å². The minimum Gasteiger partial charge on any atom is -0.478 e. The van der Waals surface area contributed by atoms with Crippen LogP contribution in [0.4, 0.5) is 0 Å². The van der Waals surface area contributed by atoms with Crippen LogP contribution in [0.25, 0.3) is 11.1 Å². The zero-order chi connectivity index (χ0) is 25.5. The average Bonchev–Trinajstić information content (AvgIpc) is 3.34. The Morgan fingerprint density at radius 2 is 1.75 bits per heavy atom. The van der Waals surface area contributed by atoms with Crippen molar-refractivity contribution in [2.24, 2.45) is 0 Å². The van der Waals surface area contributed by atoms with E-state index < -0.39 is 11.8 Å². The summed E-state index contributed by atoms with van der Waals surface area (Å²) in [6, 6.07) is 15.5. The Kier molecular flexibility index (Phi) is 8.54. The van der Waals surface area contributed by atoms with E-state index in [9.17, 15) is 9.90 Å². The number of ether oxygens (including phenoxy) is 2. The fourth-order valence-electron chi connectivity index (χ4n) is 5.15. The smallest absolute Gasteiger partial charge is 0.336 e. The highest BCUT2D eigenvalue weighted by molar-refractivity contribution is 5.95. The van der Waals surface area contributed by atoms with Gasteiger partial charge < -0.3 is 14.6 Å². The first-order valence-corrected chi connectivity index (χ1v) is 13.0. The summed E-state index contributed by atoms with van der Waals surface area (Å²) in [7, 11) is 3.32. The van der Waals surface area contributed by atoms with Crippen LogP contribution in [-0.2, 0) is 21.7 Å². The van der Waals surface area contributed by atoms with Gasteiger partial charge >= 0.3 is 5.97 Å². The SMILES string of the molecule is CCCCC(OC)(OC)c1nc(Cc2ccc(-c3ccccc3C(=O)O)cc2)n(C2CCCCC2)n1. The summed E-state index contributed by atoms with van der Waals surface area (Å²) < 4.78 is 13.8. The number of carboxylic acids is 1. The van der Waals surface area contributed by atoms with E-state index >= 15 is 0 Å². The highest BCUT2D eigenvalue weighted by Crippen LogP contribution is 2.34. The van der Waals surface area contributed by atoms with Crippen molar-refractivity contribution in [3.05, 3.63) is 71.3 Å². The number of unbranched alkanes of at least 4 members (excludes halogenated alkanes) is 1. The molecule has 36 heavy (non-hydrogen) atoms. The third-order valence-corrected chi connectivity index (χ3v) is 7.27. The predicted octanol–water partition coefficient (Wildman–Crippen LogP) is 6.38. The van der Waals surface area contributed by atoms with Gasteiger partial charge in [-0.15, -0.1) is 5.10 Å². The Morgan fingerprint density at radius 3 is 2.39 bits per heavy atom. The van der Waals surface area contributed by atoms with Gasteiger partial charge in [0.05, 0.1) is 11.6 Å². The first-order valence-electron chi connectivity index (χ1n) is 13.0. The monoisotopic (exact) mass is 491 g/mol. The molecule has 1 aromatic heterocycles. The van der Waals surface area contributed by atoms with E-state index in [4.69, 9.17) is 19.6 Å². The van der Waals surface area contributed by atoms with Crippen LogP contribution in [0.15, 0.2) is 48.5 Å². The number of methoxy groups -OCH3 is 2. The lowest BCUT2D eigenvalue weighted by atomic mass is 9.95. The fourth-order valence-corrected chi connectivity index (χ4v) is 5.15. The molecule has 1 saturated carbocycles. The molecule has 0 atom stereocenters. The number of benzene rings is 2. The molecule has 7 nitrogen and oxygen atoms in total. The molecule has 0 amide bonds. The van der Waals surface area contributed by atoms with Gasteiger partial charge in [0.1, 0.15) is 5.82 Å². The van der Waals surface area contributed by atoms with Crippen molar-refractivity contribution in [3.63, 3.8) is 0 Å². The summed E-state index contributed by atoms with van der Waals surface area (Å²) in [4.78, 5) is 16.6. The summed E-state index contributed by atoms with van der Waals surface area (Å²) in [6.07, 6.45) is 9.17. The summed E-state index contributed by atoms with van der Waals surface area (Å²) in [6.45, 7) is 2.15. The van der Waals surface area contributed by atoms with Gasteiger partial charge in [-0.1, -0.05) is 75.1 Å². The zero-order valence-corrected chi connectivity index (χ0v) is 21.6. The second-order valence-electron chi connectivity index (χ2n) is 9.58. The predicted molar refractivity (Wildman–Crippen MR) is 139 cm³/mol. The maximum atomic E-state index is 11.7. The Hall–Kier alpha value is -3.03. The number of nitrogens with zero attached hydrogens (tertiary/aromatic N) is 3. The third-order valence-electron chi connectivity index (χ3n) is 7.27. The van der Waals surface area contributed by atoms with Crippen LogP contribution in [0.3, 0.4) is 0 Å².